The summed E-state index contributed by atoms with van der Waals surface area (Å²) in [5, 5.41) is 7.54. The lowest BCUT2D eigenvalue weighted by Crippen LogP contribution is -2.56. The number of benzene rings is 1. The molecule has 3 aliphatic rings. The fourth-order valence-corrected chi connectivity index (χ4v) is 7.30. The van der Waals surface area contributed by atoms with Gasteiger partial charge in [-0.25, -0.2) is 14.4 Å². The standard InChI is InChI=1S/C31H42ClF2N7O2S/c1-4-21-15-22(8-9-24(21)32)28-25(18-40-11-6-7-20(40)3)44-31(37-28)38-29-27(34)30(36-19-35-29)41-14-13-39(23(16-33)17-41)12-10-26(42)43-5-2/h8-9,15,20,23,35H,4-7,10-14,16-19H2,1-3H3,(H,37,38)/t20-,23-/m1/s1. The van der Waals surface area contributed by atoms with Crippen LogP contribution in [0.25, 0.3) is 11.3 Å². The molecule has 4 heterocycles. The molecule has 2 N–H and O–H groups in total. The van der Waals surface area contributed by atoms with Gasteiger partial charge in [0, 0.05) is 54.2 Å². The van der Waals surface area contributed by atoms with E-state index in [9.17, 15) is 9.18 Å². The maximum atomic E-state index is 16.0. The molecule has 2 fully saturated rings. The molecule has 0 unspecified atom stereocenters. The molecule has 2 aromatic rings. The van der Waals surface area contributed by atoms with E-state index in [0.717, 1.165) is 46.2 Å². The van der Waals surface area contributed by atoms with Crippen LogP contribution in [0, 0.1) is 0 Å². The highest BCUT2D eigenvalue weighted by Gasteiger charge is 2.33. The van der Waals surface area contributed by atoms with Gasteiger partial charge in [0.25, 0.3) is 0 Å². The van der Waals surface area contributed by atoms with Gasteiger partial charge in [0.2, 0.25) is 5.83 Å². The van der Waals surface area contributed by atoms with Crippen molar-refractivity contribution >= 4 is 39.9 Å². The minimum atomic E-state index is -0.605. The molecule has 0 radical (unpaired) electrons. The van der Waals surface area contributed by atoms with Crippen LogP contribution in [-0.2, 0) is 22.5 Å². The SMILES string of the molecule is CCOC(=O)CCN1CCN(C2=NCNC(Nc3nc(-c4ccc(Cl)c(CC)c4)c(CN4CCC[C@H]4C)s3)=C2F)C[C@H]1CF. The van der Waals surface area contributed by atoms with Gasteiger partial charge in [-0.15, -0.1) is 0 Å². The first-order valence-corrected chi connectivity index (χ1v) is 16.7. The molecular weight excluding hydrogens is 608 g/mol. The Balaban J connectivity index is 1.34. The summed E-state index contributed by atoms with van der Waals surface area (Å²) in [6.45, 7) is 9.43. The number of ether oxygens (including phenoxy) is 1. The summed E-state index contributed by atoms with van der Waals surface area (Å²) in [7, 11) is 0. The van der Waals surface area contributed by atoms with E-state index in [1.54, 1.807) is 11.8 Å². The number of esters is 1. The molecule has 0 amide bonds. The van der Waals surface area contributed by atoms with Crippen LogP contribution >= 0.6 is 22.9 Å². The largest absolute Gasteiger partial charge is 0.466 e. The van der Waals surface area contributed by atoms with Crippen LogP contribution in [0.3, 0.4) is 0 Å². The Bertz CT molecular complexity index is 1390. The van der Waals surface area contributed by atoms with Crippen LogP contribution in [0.1, 0.15) is 50.5 Å². The summed E-state index contributed by atoms with van der Waals surface area (Å²) in [4.78, 5) is 28.5. The Labute approximate surface area is 267 Å². The molecule has 240 valence electrons. The summed E-state index contributed by atoms with van der Waals surface area (Å²) < 4.78 is 35.0. The lowest BCUT2D eigenvalue weighted by molar-refractivity contribution is -0.143. The van der Waals surface area contributed by atoms with Gasteiger partial charge in [0.1, 0.15) is 19.2 Å². The molecule has 1 aromatic heterocycles. The van der Waals surface area contributed by atoms with Crippen molar-refractivity contribution in [2.75, 3.05) is 58.0 Å². The summed E-state index contributed by atoms with van der Waals surface area (Å²) in [6.07, 6.45) is 3.36. The molecule has 5 rings (SSSR count). The van der Waals surface area contributed by atoms with Crippen molar-refractivity contribution in [3.8, 4) is 11.3 Å². The summed E-state index contributed by atoms with van der Waals surface area (Å²) in [5.41, 5.74) is 2.92. The number of amidine groups is 1. The van der Waals surface area contributed by atoms with E-state index in [1.807, 2.05) is 17.0 Å². The number of carbonyl (C=O) groups excluding carboxylic acids is 1. The molecule has 44 heavy (non-hydrogen) atoms. The Hall–Kier alpha value is -2.80. The number of nitrogens with zero attached hydrogens (tertiary/aromatic N) is 5. The Kier molecular flexibility index (Phi) is 11.1. The number of aliphatic imine (C=N–C) groups is 1. The van der Waals surface area contributed by atoms with Crippen molar-refractivity contribution in [3.63, 3.8) is 0 Å². The highest BCUT2D eigenvalue weighted by molar-refractivity contribution is 7.16. The topological polar surface area (TPSA) is 85.3 Å². The summed E-state index contributed by atoms with van der Waals surface area (Å²) >= 11 is 7.95. The van der Waals surface area contributed by atoms with Crippen LogP contribution in [0.5, 0.6) is 0 Å². The predicted molar refractivity (Wildman–Crippen MR) is 172 cm³/mol. The Morgan fingerprint density at radius 3 is 2.82 bits per heavy atom. The normalized spacial score (nSPS) is 21.4. The van der Waals surface area contributed by atoms with E-state index < -0.39 is 18.5 Å². The first kappa shape index (κ1) is 32.6. The van der Waals surface area contributed by atoms with Gasteiger partial charge in [-0.05, 0) is 57.4 Å². The molecule has 2 saturated heterocycles. The summed E-state index contributed by atoms with van der Waals surface area (Å²) in [5.74, 6) is -0.434. The minimum absolute atomic E-state index is 0.182. The molecule has 0 spiro atoms. The van der Waals surface area contributed by atoms with E-state index in [4.69, 9.17) is 21.3 Å². The van der Waals surface area contributed by atoms with Gasteiger partial charge in [-0.2, -0.15) is 4.39 Å². The smallest absolute Gasteiger partial charge is 0.307 e. The number of aryl methyl sites for hydroxylation is 1. The van der Waals surface area contributed by atoms with Gasteiger partial charge in [0.05, 0.1) is 24.8 Å². The number of aromatic nitrogens is 1. The Morgan fingerprint density at radius 1 is 1.25 bits per heavy atom. The molecular formula is C31H42ClF2N7O2S. The lowest BCUT2D eigenvalue weighted by atomic mass is 10.1. The number of nitrogens with one attached hydrogen (secondary N) is 2. The number of halogens is 3. The zero-order chi connectivity index (χ0) is 31.2. The monoisotopic (exact) mass is 649 g/mol. The number of piperazine rings is 1. The van der Waals surface area contributed by atoms with Crippen LogP contribution in [0.2, 0.25) is 5.02 Å². The van der Waals surface area contributed by atoms with Gasteiger partial charge in [0.15, 0.2) is 11.0 Å². The maximum absolute atomic E-state index is 16.0. The quantitative estimate of drug-likeness (QED) is 0.312. The summed E-state index contributed by atoms with van der Waals surface area (Å²) in [6, 6.07) is 6.03. The Morgan fingerprint density at radius 2 is 2.09 bits per heavy atom. The third kappa shape index (κ3) is 7.52. The molecule has 2 atom stereocenters. The van der Waals surface area contributed by atoms with Crippen molar-refractivity contribution in [2.45, 2.75) is 65.1 Å². The molecule has 9 nitrogen and oxygen atoms in total. The zero-order valence-corrected chi connectivity index (χ0v) is 27.2. The van der Waals surface area contributed by atoms with Crippen molar-refractivity contribution in [1.29, 1.82) is 0 Å². The second-order valence-corrected chi connectivity index (χ2v) is 12.9. The number of likely N-dealkylation sites (tertiary alicyclic amines) is 1. The third-order valence-corrected chi connectivity index (χ3v) is 9.88. The molecule has 0 aliphatic carbocycles. The van der Waals surface area contributed by atoms with Crippen molar-refractivity contribution < 1.29 is 18.3 Å². The number of alkyl halides is 1. The highest BCUT2D eigenvalue weighted by Crippen LogP contribution is 2.36. The van der Waals surface area contributed by atoms with E-state index in [-0.39, 0.29) is 37.3 Å². The van der Waals surface area contributed by atoms with Crippen LogP contribution in [-0.4, -0.2) is 96.2 Å². The average molecular weight is 650 g/mol. The first-order valence-electron chi connectivity index (χ1n) is 15.5. The lowest BCUT2D eigenvalue weighted by Gasteiger charge is -2.41. The predicted octanol–water partition coefficient (Wildman–Crippen LogP) is 5.43. The van der Waals surface area contributed by atoms with E-state index in [2.05, 4.69) is 40.4 Å². The molecule has 0 saturated carbocycles. The number of thiazole rings is 1. The van der Waals surface area contributed by atoms with Crippen LogP contribution in [0.15, 0.2) is 34.8 Å². The maximum Gasteiger partial charge on any atom is 0.307 e. The highest BCUT2D eigenvalue weighted by atomic mass is 35.5. The van der Waals surface area contributed by atoms with Gasteiger partial charge >= 0.3 is 5.97 Å². The van der Waals surface area contributed by atoms with Crippen molar-refractivity contribution in [3.05, 3.63) is 45.3 Å². The molecule has 13 heteroatoms. The number of anilines is 1. The van der Waals surface area contributed by atoms with Crippen molar-refractivity contribution in [2.24, 2.45) is 4.99 Å². The second-order valence-electron chi connectivity index (χ2n) is 11.4. The fourth-order valence-electron chi connectivity index (χ4n) is 6.03. The first-order chi connectivity index (χ1) is 21.3. The fraction of sp³-hybridized carbons (Fsp3) is 0.581. The second kappa shape index (κ2) is 15.0. The number of carbonyl (C=O) groups is 1. The van der Waals surface area contributed by atoms with E-state index in [0.29, 0.717) is 37.4 Å². The number of hydrogen-bond donors (Lipinski definition) is 2. The number of rotatable bonds is 11. The molecule has 0 bridgehead atoms. The zero-order valence-electron chi connectivity index (χ0n) is 25.7. The van der Waals surface area contributed by atoms with Crippen LogP contribution < -0.4 is 10.6 Å². The van der Waals surface area contributed by atoms with E-state index >= 15 is 4.39 Å². The van der Waals surface area contributed by atoms with Crippen LogP contribution in [0.4, 0.5) is 13.9 Å². The third-order valence-electron chi connectivity index (χ3n) is 8.56. The van der Waals surface area contributed by atoms with Gasteiger partial charge in [-0.1, -0.05) is 35.9 Å². The van der Waals surface area contributed by atoms with Gasteiger partial charge in [-0.3, -0.25) is 14.6 Å². The van der Waals surface area contributed by atoms with E-state index in [1.165, 1.54) is 24.2 Å². The van der Waals surface area contributed by atoms with Crippen molar-refractivity contribution in [1.82, 2.24) is 25.0 Å². The number of hydrogen-bond acceptors (Lipinski definition) is 10. The molecule has 1 aromatic carbocycles. The van der Waals surface area contributed by atoms with Gasteiger partial charge < -0.3 is 20.3 Å². The minimum Gasteiger partial charge on any atom is -0.466 e. The molecule has 3 aliphatic heterocycles. The average Bonchev–Trinajstić information content (AvgIpc) is 3.62.